The highest BCUT2D eigenvalue weighted by Gasteiger charge is 2.38. The zero-order chi connectivity index (χ0) is 19.5. The van der Waals surface area contributed by atoms with E-state index in [-0.39, 0.29) is 24.4 Å². The van der Waals surface area contributed by atoms with Gasteiger partial charge in [0.2, 0.25) is 0 Å². The fourth-order valence-corrected chi connectivity index (χ4v) is 3.42. The van der Waals surface area contributed by atoms with Crippen molar-refractivity contribution in [2.45, 2.75) is 45.3 Å². The topological polar surface area (TPSA) is 72.9 Å². The lowest BCUT2D eigenvalue weighted by Gasteiger charge is -2.28. The molecule has 0 aromatic heterocycles. The zero-order valence-electron chi connectivity index (χ0n) is 15.6. The summed E-state index contributed by atoms with van der Waals surface area (Å²) in [5.41, 5.74) is 0.319. The lowest BCUT2D eigenvalue weighted by atomic mass is 9.97. The van der Waals surface area contributed by atoms with Crippen molar-refractivity contribution in [2.24, 2.45) is 5.92 Å². The van der Waals surface area contributed by atoms with Crippen molar-refractivity contribution in [3.63, 3.8) is 0 Å². The average molecular weight is 387 g/mol. The van der Waals surface area contributed by atoms with Crippen LogP contribution < -0.4 is 0 Å². The van der Waals surface area contributed by atoms with Gasteiger partial charge in [-0.15, -0.1) is 0 Å². The molecular weight excluding hydrogens is 361 g/mol. The van der Waals surface area contributed by atoms with Gasteiger partial charge in [0.15, 0.2) is 0 Å². The molecule has 1 aromatic rings. The molecule has 26 heavy (non-hydrogen) atoms. The molecule has 146 valence electrons. The van der Waals surface area contributed by atoms with Gasteiger partial charge in [0, 0.05) is 6.54 Å². The maximum absolute atomic E-state index is 13.1. The summed E-state index contributed by atoms with van der Waals surface area (Å²) < 4.78 is 46.0. The Kier molecular flexibility index (Phi) is 6.29. The molecule has 6 nitrogen and oxygen atoms in total. The van der Waals surface area contributed by atoms with Crippen molar-refractivity contribution in [1.82, 2.24) is 4.90 Å². The smallest absolute Gasteiger partial charge is 0.410 e. The molecule has 2 atom stereocenters. The fraction of sp³-hybridized carbons (Fsp3) is 0.611. The number of likely N-dealkylation sites (tertiary alicyclic amines) is 1. The van der Waals surface area contributed by atoms with Gasteiger partial charge in [-0.05, 0) is 57.2 Å². The first kappa shape index (κ1) is 20.6. The molecule has 8 heteroatoms. The minimum atomic E-state index is -3.60. The Labute approximate surface area is 154 Å². The molecule has 0 spiro atoms. The summed E-state index contributed by atoms with van der Waals surface area (Å²) in [5, 5.41) is 0. The van der Waals surface area contributed by atoms with Crippen molar-refractivity contribution in [1.29, 1.82) is 0 Å². The van der Waals surface area contributed by atoms with Crippen molar-refractivity contribution in [2.75, 3.05) is 19.4 Å². The van der Waals surface area contributed by atoms with Crippen LogP contribution in [0.15, 0.2) is 24.3 Å². The van der Waals surface area contributed by atoms with Gasteiger partial charge in [-0.25, -0.2) is 9.18 Å². The number of hydrogen-bond donors (Lipinski definition) is 0. The van der Waals surface area contributed by atoms with E-state index in [0.717, 1.165) is 11.8 Å². The van der Waals surface area contributed by atoms with E-state index < -0.39 is 21.8 Å². The summed E-state index contributed by atoms with van der Waals surface area (Å²) in [6.45, 7) is 5.67. The first-order valence-electron chi connectivity index (χ1n) is 8.51. The lowest BCUT2D eigenvalue weighted by Crippen LogP contribution is -2.42. The van der Waals surface area contributed by atoms with Crippen LogP contribution in [-0.4, -0.2) is 50.5 Å². The summed E-state index contributed by atoms with van der Waals surface area (Å²) in [6, 6.07) is 5.85. The van der Waals surface area contributed by atoms with E-state index in [0.29, 0.717) is 19.4 Å². The highest BCUT2D eigenvalue weighted by atomic mass is 32.2. The maximum atomic E-state index is 13.1. The zero-order valence-corrected chi connectivity index (χ0v) is 16.4. The number of hydrogen-bond acceptors (Lipinski definition) is 5. The number of carbonyl (C=O) groups excluding carboxylic acids is 1. The highest BCUT2D eigenvalue weighted by Crippen LogP contribution is 2.28. The molecule has 0 saturated carbocycles. The Balaban J connectivity index is 2.08. The quantitative estimate of drug-likeness (QED) is 0.727. The lowest BCUT2D eigenvalue weighted by molar-refractivity contribution is 0.0185. The molecule has 1 heterocycles. The monoisotopic (exact) mass is 387 g/mol. The number of rotatable bonds is 5. The van der Waals surface area contributed by atoms with E-state index in [1.807, 2.05) is 0 Å². The van der Waals surface area contributed by atoms with E-state index >= 15 is 0 Å². The molecule has 1 fully saturated rings. The Morgan fingerprint density at radius 2 is 1.88 bits per heavy atom. The van der Waals surface area contributed by atoms with Crippen molar-refractivity contribution < 1.29 is 26.5 Å². The van der Waals surface area contributed by atoms with Crippen LogP contribution in [0.5, 0.6) is 0 Å². The number of nitrogens with zero attached hydrogens (tertiary/aromatic N) is 1. The molecule has 1 aliphatic heterocycles. The average Bonchev–Trinajstić information content (AvgIpc) is 2.88. The largest absolute Gasteiger partial charge is 0.444 e. The molecule has 0 radical (unpaired) electrons. The van der Waals surface area contributed by atoms with Crippen LogP contribution in [0.1, 0.15) is 32.8 Å². The summed E-state index contributed by atoms with van der Waals surface area (Å²) in [6.07, 6.45) is 1.75. The molecule has 1 amide bonds. The standard InChI is InChI=1S/C18H26FNO5S/c1-18(2,3)25-17(21)20-11-14(9-13-5-7-15(19)8-6-13)10-16(20)12-24-26(4,22)23/h5-8,14,16H,9-12H2,1-4H3. The van der Waals surface area contributed by atoms with Gasteiger partial charge in [-0.3, -0.25) is 4.18 Å². The number of carbonyl (C=O) groups is 1. The van der Waals surface area contributed by atoms with E-state index in [9.17, 15) is 17.6 Å². The predicted molar refractivity (Wildman–Crippen MR) is 95.7 cm³/mol. The summed E-state index contributed by atoms with van der Waals surface area (Å²) >= 11 is 0. The third kappa shape index (κ3) is 6.57. The Morgan fingerprint density at radius 3 is 2.42 bits per heavy atom. The van der Waals surface area contributed by atoms with Gasteiger partial charge < -0.3 is 9.64 Å². The minimum Gasteiger partial charge on any atom is -0.444 e. The Bertz CT molecular complexity index is 727. The summed E-state index contributed by atoms with van der Waals surface area (Å²) in [7, 11) is -3.60. The molecule has 2 rings (SSSR count). The second-order valence-electron chi connectivity index (χ2n) is 7.71. The molecule has 0 aliphatic carbocycles. The summed E-state index contributed by atoms with van der Waals surface area (Å²) in [4.78, 5) is 14.0. The van der Waals surface area contributed by atoms with Gasteiger partial charge in [0.05, 0.1) is 18.9 Å². The van der Waals surface area contributed by atoms with Crippen LogP contribution in [0, 0.1) is 11.7 Å². The highest BCUT2D eigenvalue weighted by molar-refractivity contribution is 7.85. The Hall–Kier alpha value is -1.67. The van der Waals surface area contributed by atoms with Crippen molar-refractivity contribution in [3.05, 3.63) is 35.6 Å². The normalized spacial score (nSPS) is 21.0. The van der Waals surface area contributed by atoms with E-state index in [1.54, 1.807) is 32.9 Å². The van der Waals surface area contributed by atoms with Crippen LogP contribution in [0.2, 0.25) is 0 Å². The van der Waals surface area contributed by atoms with Crippen LogP contribution in [0.4, 0.5) is 9.18 Å². The fourth-order valence-electron chi connectivity index (χ4n) is 3.02. The van der Waals surface area contributed by atoms with Crippen molar-refractivity contribution >= 4 is 16.2 Å². The molecule has 0 bridgehead atoms. The summed E-state index contributed by atoms with van der Waals surface area (Å²) in [5.74, 6) is -0.184. The SMILES string of the molecule is CC(C)(C)OC(=O)N1CC(Cc2ccc(F)cc2)CC1COS(C)(=O)=O. The number of benzene rings is 1. The van der Waals surface area contributed by atoms with Crippen LogP contribution in [-0.2, 0) is 25.5 Å². The van der Waals surface area contributed by atoms with E-state index in [4.69, 9.17) is 8.92 Å². The number of halogens is 1. The Morgan fingerprint density at radius 1 is 1.27 bits per heavy atom. The molecular formula is C18H26FNO5S. The number of amides is 1. The molecule has 0 N–H and O–H groups in total. The molecule has 2 unspecified atom stereocenters. The maximum Gasteiger partial charge on any atom is 0.410 e. The first-order chi connectivity index (χ1) is 11.9. The van der Waals surface area contributed by atoms with Gasteiger partial charge in [0.1, 0.15) is 11.4 Å². The van der Waals surface area contributed by atoms with E-state index in [1.165, 1.54) is 17.0 Å². The predicted octanol–water partition coefficient (Wildman–Crippen LogP) is 2.97. The molecule has 1 aromatic carbocycles. The minimum absolute atomic E-state index is 0.0992. The van der Waals surface area contributed by atoms with Crippen LogP contribution in [0.25, 0.3) is 0 Å². The van der Waals surface area contributed by atoms with Gasteiger partial charge >= 0.3 is 6.09 Å². The molecule has 1 saturated heterocycles. The van der Waals surface area contributed by atoms with Gasteiger partial charge in [0.25, 0.3) is 10.1 Å². The third-order valence-corrected chi connectivity index (χ3v) is 4.61. The number of ether oxygens (including phenoxy) is 1. The first-order valence-corrected chi connectivity index (χ1v) is 10.3. The van der Waals surface area contributed by atoms with Gasteiger partial charge in [-0.1, -0.05) is 12.1 Å². The second-order valence-corrected chi connectivity index (χ2v) is 9.35. The molecule has 1 aliphatic rings. The van der Waals surface area contributed by atoms with Crippen molar-refractivity contribution in [3.8, 4) is 0 Å². The second kappa shape index (κ2) is 7.92. The van der Waals surface area contributed by atoms with Crippen LogP contribution in [0.3, 0.4) is 0 Å². The van der Waals surface area contributed by atoms with Crippen LogP contribution >= 0.6 is 0 Å². The van der Waals surface area contributed by atoms with Gasteiger partial charge in [-0.2, -0.15) is 8.42 Å². The van der Waals surface area contributed by atoms with E-state index in [2.05, 4.69) is 0 Å². The third-order valence-electron chi connectivity index (χ3n) is 4.04.